The molecule has 14 heavy (non-hydrogen) atoms. The van der Waals surface area contributed by atoms with E-state index in [1.165, 1.54) is 10.6 Å². The molecule has 2 rings (SSSR count). The molecule has 0 aliphatic heterocycles. The summed E-state index contributed by atoms with van der Waals surface area (Å²) in [5.41, 5.74) is 2.72. The highest BCUT2D eigenvalue weighted by molar-refractivity contribution is 7.17. The molecule has 3 nitrogen and oxygen atoms in total. The Morgan fingerprint density at radius 3 is 2.79 bits per heavy atom. The molecule has 0 unspecified atom stereocenters. The average molecular weight is 208 g/mol. The molecule has 0 spiro atoms. The Balaban J connectivity index is 2.88. The monoisotopic (exact) mass is 208 g/mol. The van der Waals surface area contributed by atoms with Crippen molar-refractivity contribution in [2.45, 2.75) is 27.2 Å². The van der Waals surface area contributed by atoms with E-state index in [-0.39, 0.29) is 0 Å². The van der Waals surface area contributed by atoms with Gasteiger partial charge >= 0.3 is 0 Å². The molecule has 0 aliphatic carbocycles. The average Bonchev–Trinajstić information content (AvgIpc) is 2.58. The summed E-state index contributed by atoms with van der Waals surface area (Å²) in [5.74, 6) is 0. The van der Waals surface area contributed by atoms with Gasteiger partial charge in [-0.3, -0.25) is 9.20 Å². The minimum atomic E-state index is 0.696. The van der Waals surface area contributed by atoms with E-state index in [1.54, 1.807) is 11.3 Å². The lowest BCUT2D eigenvalue weighted by Crippen LogP contribution is -1.96. The molecule has 74 valence electrons. The largest absolute Gasteiger partial charge is 0.296 e. The molecule has 0 aromatic carbocycles. The zero-order chi connectivity index (χ0) is 10.3. The SMILES string of the molecule is CCc1c(C)sc2nc(C)c(C=O)n12. The maximum absolute atomic E-state index is 10.9. The second-order valence-corrected chi connectivity index (χ2v) is 4.46. The molecule has 0 N–H and O–H groups in total. The van der Waals surface area contributed by atoms with Crippen LogP contribution in [0.4, 0.5) is 0 Å². The van der Waals surface area contributed by atoms with Crippen LogP contribution in [0.2, 0.25) is 0 Å². The number of aromatic nitrogens is 2. The van der Waals surface area contributed by atoms with Crippen molar-refractivity contribution in [3.05, 3.63) is 22.0 Å². The number of aldehydes is 1. The standard InChI is InChI=1S/C10H12N2OS/c1-4-8-7(3)14-10-11-6(2)9(5-13)12(8)10/h5H,4H2,1-3H3. The van der Waals surface area contributed by atoms with E-state index in [0.717, 1.165) is 23.4 Å². The van der Waals surface area contributed by atoms with Crippen LogP contribution in [0.5, 0.6) is 0 Å². The van der Waals surface area contributed by atoms with Gasteiger partial charge in [0.05, 0.1) is 5.69 Å². The summed E-state index contributed by atoms with van der Waals surface area (Å²) in [4.78, 5) is 17.5. The molecule has 0 atom stereocenters. The summed E-state index contributed by atoms with van der Waals surface area (Å²) in [7, 11) is 0. The maximum atomic E-state index is 10.9. The number of hydrogen-bond acceptors (Lipinski definition) is 3. The lowest BCUT2D eigenvalue weighted by Gasteiger charge is -1.97. The zero-order valence-electron chi connectivity index (χ0n) is 8.50. The number of fused-ring (bicyclic) bond motifs is 1. The number of aryl methyl sites for hydroxylation is 3. The summed E-state index contributed by atoms with van der Waals surface area (Å²) in [6.07, 6.45) is 1.82. The first kappa shape index (κ1) is 9.40. The van der Waals surface area contributed by atoms with Crippen LogP contribution in [0.3, 0.4) is 0 Å². The van der Waals surface area contributed by atoms with Gasteiger partial charge in [0.25, 0.3) is 0 Å². The Bertz CT molecular complexity index is 496. The molecule has 0 bridgehead atoms. The third kappa shape index (κ3) is 1.10. The molecule has 2 heterocycles. The van der Waals surface area contributed by atoms with Gasteiger partial charge in [-0.15, -0.1) is 11.3 Å². The summed E-state index contributed by atoms with van der Waals surface area (Å²) < 4.78 is 1.97. The first-order valence-electron chi connectivity index (χ1n) is 4.61. The fraction of sp³-hybridized carbons (Fsp3) is 0.400. The van der Waals surface area contributed by atoms with Crippen LogP contribution in [0.1, 0.15) is 33.7 Å². The predicted molar refractivity (Wildman–Crippen MR) is 57.3 cm³/mol. The Hall–Kier alpha value is -1.16. The molecular formula is C10H12N2OS. The van der Waals surface area contributed by atoms with E-state index in [9.17, 15) is 4.79 Å². The smallest absolute Gasteiger partial charge is 0.194 e. The molecule has 0 saturated heterocycles. The van der Waals surface area contributed by atoms with E-state index in [1.807, 2.05) is 11.3 Å². The summed E-state index contributed by atoms with van der Waals surface area (Å²) >= 11 is 1.65. The van der Waals surface area contributed by atoms with Crippen molar-refractivity contribution in [3.63, 3.8) is 0 Å². The van der Waals surface area contributed by atoms with Gasteiger partial charge in [0, 0.05) is 10.6 Å². The van der Waals surface area contributed by atoms with Crippen molar-refractivity contribution in [3.8, 4) is 0 Å². The number of rotatable bonds is 2. The van der Waals surface area contributed by atoms with E-state index < -0.39 is 0 Å². The van der Waals surface area contributed by atoms with Crippen LogP contribution in [0.25, 0.3) is 4.96 Å². The minimum Gasteiger partial charge on any atom is -0.296 e. The fourth-order valence-corrected chi connectivity index (χ4v) is 2.85. The first-order chi connectivity index (χ1) is 6.69. The zero-order valence-corrected chi connectivity index (χ0v) is 9.31. The van der Waals surface area contributed by atoms with Crippen LogP contribution in [-0.4, -0.2) is 15.7 Å². The number of hydrogen-bond donors (Lipinski definition) is 0. The van der Waals surface area contributed by atoms with Crippen molar-refractivity contribution in [2.75, 3.05) is 0 Å². The molecule has 0 amide bonds. The fourth-order valence-electron chi connectivity index (χ4n) is 1.74. The van der Waals surface area contributed by atoms with Crippen molar-refractivity contribution in [1.29, 1.82) is 0 Å². The molecular weight excluding hydrogens is 196 g/mol. The van der Waals surface area contributed by atoms with Crippen LogP contribution < -0.4 is 0 Å². The van der Waals surface area contributed by atoms with E-state index in [0.29, 0.717) is 5.69 Å². The second-order valence-electron chi connectivity index (χ2n) is 3.28. The predicted octanol–water partition coefficient (Wildman–Crippen LogP) is 2.39. The number of nitrogens with zero attached hydrogens (tertiary/aromatic N) is 2. The van der Waals surface area contributed by atoms with E-state index in [2.05, 4.69) is 18.8 Å². The Kier molecular flexibility index (Phi) is 2.15. The molecule has 0 radical (unpaired) electrons. The summed E-state index contributed by atoms with van der Waals surface area (Å²) in [6, 6.07) is 0. The quantitative estimate of drug-likeness (QED) is 0.710. The number of carbonyl (C=O) groups is 1. The number of imidazole rings is 1. The van der Waals surface area contributed by atoms with Gasteiger partial charge in [-0.25, -0.2) is 4.98 Å². The Morgan fingerprint density at radius 2 is 2.21 bits per heavy atom. The highest BCUT2D eigenvalue weighted by Gasteiger charge is 2.14. The molecule has 0 fully saturated rings. The van der Waals surface area contributed by atoms with Crippen LogP contribution >= 0.6 is 11.3 Å². The van der Waals surface area contributed by atoms with Crippen molar-refractivity contribution < 1.29 is 4.79 Å². The molecule has 0 aliphatic rings. The highest BCUT2D eigenvalue weighted by Crippen LogP contribution is 2.25. The van der Waals surface area contributed by atoms with Crippen molar-refractivity contribution in [1.82, 2.24) is 9.38 Å². The number of carbonyl (C=O) groups excluding carboxylic acids is 1. The number of thiazole rings is 1. The molecule has 0 saturated carbocycles. The van der Waals surface area contributed by atoms with E-state index in [4.69, 9.17) is 0 Å². The van der Waals surface area contributed by atoms with Gasteiger partial charge in [-0.05, 0) is 20.3 Å². The molecule has 2 aromatic rings. The van der Waals surface area contributed by atoms with Gasteiger partial charge in [-0.1, -0.05) is 6.92 Å². The third-order valence-corrected chi connectivity index (χ3v) is 3.43. The minimum absolute atomic E-state index is 0.696. The Morgan fingerprint density at radius 1 is 1.50 bits per heavy atom. The second kappa shape index (κ2) is 3.20. The highest BCUT2D eigenvalue weighted by atomic mass is 32.1. The van der Waals surface area contributed by atoms with Gasteiger partial charge in [0.1, 0.15) is 5.69 Å². The van der Waals surface area contributed by atoms with Gasteiger partial charge in [0.2, 0.25) is 0 Å². The van der Waals surface area contributed by atoms with Crippen LogP contribution in [-0.2, 0) is 6.42 Å². The lowest BCUT2D eigenvalue weighted by molar-refractivity contribution is 0.111. The van der Waals surface area contributed by atoms with Crippen molar-refractivity contribution in [2.24, 2.45) is 0 Å². The normalized spacial score (nSPS) is 11.1. The van der Waals surface area contributed by atoms with Gasteiger partial charge in [-0.2, -0.15) is 0 Å². The topological polar surface area (TPSA) is 34.4 Å². The lowest BCUT2D eigenvalue weighted by atomic mass is 10.3. The maximum Gasteiger partial charge on any atom is 0.194 e. The van der Waals surface area contributed by atoms with E-state index >= 15 is 0 Å². The summed E-state index contributed by atoms with van der Waals surface area (Å²) in [6.45, 7) is 6.04. The van der Waals surface area contributed by atoms with Gasteiger partial charge in [0.15, 0.2) is 11.2 Å². The first-order valence-corrected chi connectivity index (χ1v) is 5.43. The third-order valence-electron chi connectivity index (χ3n) is 2.43. The molecule has 2 aromatic heterocycles. The van der Waals surface area contributed by atoms with Gasteiger partial charge < -0.3 is 0 Å². The summed E-state index contributed by atoms with van der Waals surface area (Å²) in [5, 5.41) is 0. The van der Waals surface area contributed by atoms with Crippen molar-refractivity contribution >= 4 is 22.6 Å². The van der Waals surface area contributed by atoms with Crippen LogP contribution in [0.15, 0.2) is 0 Å². The Labute approximate surface area is 86.4 Å². The molecule has 4 heteroatoms. The van der Waals surface area contributed by atoms with Crippen LogP contribution in [0, 0.1) is 13.8 Å².